The molecule has 0 atom stereocenters. The monoisotopic (exact) mass is 325 g/mol. The highest BCUT2D eigenvalue weighted by molar-refractivity contribution is 5.95. The number of nitrogens with zero attached hydrogens (tertiary/aromatic N) is 3. The van der Waals surface area contributed by atoms with Crippen LogP contribution >= 0.6 is 0 Å². The molecule has 122 valence electrons. The van der Waals surface area contributed by atoms with E-state index in [0.717, 1.165) is 0 Å². The van der Waals surface area contributed by atoms with Gasteiger partial charge in [0.2, 0.25) is 5.43 Å². The first kappa shape index (κ1) is 15.9. The van der Waals surface area contributed by atoms with E-state index in [0.29, 0.717) is 16.5 Å². The fraction of sp³-hybridized carbons (Fsp3) is 0.167. The molecule has 0 spiro atoms. The maximum Gasteiger partial charge on any atom is 0.278 e. The summed E-state index contributed by atoms with van der Waals surface area (Å²) in [5.41, 5.74) is 0.755. The van der Waals surface area contributed by atoms with Crippen LogP contribution in [0.15, 0.2) is 53.3 Å². The van der Waals surface area contributed by atoms with Crippen LogP contribution in [0.4, 0.5) is 4.39 Å². The van der Waals surface area contributed by atoms with Gasteiger partial charge in [-0.2, -0.15) is 5.10 Å². The minimum absolute atomic E-state index is 0.143. The molecule has 0 aliphatic heterocycles. The second-order valence-corrected chi connectivity index (χ2v) is 5.61. The molecule has 0 N–H and O–H groups in total. The van der Waals surface area contributed by atoms with E-state index in [1.807, 2.05) is 0 Å². The second kappa shape index (κ2) is 6.23. The molecule has 0 saturated heterocycles. The summed E-state index contributed by atoms with van der Waals surface area (Å²) in [4.78, 5) is 26.5. The minimum atomic E-state index is -0.495. The Balaban J connectivity index is 1.96. The summed E-state index contributed by atoms with van der Waals surface area (Å²) in [7, 11) is 3.24. The number of halogens is 1. The van der Waals surface area contributed by atoms with Crippen molar-refractivity contribution in [2.45, 2.75) is 6.54 Å². The molecule has 0 bridgehead atoms. The van der Waals surface area contributed by atoms with Gasteiger partial charge in [0.25, 0.3) is 5.91 Å². The van der Waals surface area contributed by atoms with E-state index in [9.17, 15) is 14.0 Å². The third kappa shape index (κ3) is 2.90. The van der Waals surface area contributed by atoms with Crippen molar-refractivity contribution in [3.05, 3.63) is 75.8 Å². The number of fused-ring (bicyclic) bond motifs is 1. The van der Waals surface area contributed by atoms with Gasteiger partial charge >= 0.3 is 0 Å². The van der Waals surface area contributed by atoms with Gasteiger partial charge in [-0.05, 0) is 29.8 Å². The molecule has 0 fully saturated rings. The lowest BCUT2D eigenvalue weighted by atomic mass is 10.1. The van der Waals surface area contributed by atoms with Gasteiger partial charge in [0.15, 0.2) is 5.69 Å². The van der Waals surface area contributed by atoms with Crippen LogP contribution in [-0.4, -0.2) is 27.6 Å². The van der Waals surface area contributed by atoms with Crippen LogP contribution in [0.5, 0.6) is 0 Å². The number of carbonyl (C=O) groups is 1. The maximum atomic E-state index is 13.3. The third-order valence-corrected chi connectivity index (χ3v) is 3.82. The quantitative estimate of drug-likeness (QED) is 0.743. The van der Waals surface area contributed by atoms with Gasteiger partial charge in [0.05, 0.1) is 5.52 Å². The maximum absolute atomic E-state index is 13.3. The summed E-state index contributed by atoms with van der Waals surface area (Å²) < 4.78 is 14.8. The average Bonchev–Trinajstić information content (AvgIpc) is 2.57. The Kier molecular flexibility index (Phi) is 4.12. The molecular weight excluding hydrogens is 309 g/mol. The number of amides is 1. The third-order valence-electron chi connectivity index (χ3n) is 3.82. The first-order chi connectivity index (χ1) is 11.5. The molecule has 3 aromatic rings. The van der Waals surface area contributed by atoms with Crippen LogP contribution in [-0.2, 0) is 13.6 Å². The molecule has 1 aromatic heterocycles. The van der Waals surface area contributed by atoms with Gasteiger partial charge in [-0.1, -0.05) is 24.3 Å². The Bertz CT molecular complexity index is 981. The lowest BCUT2D eigenvalue weighted by Gasteiger charge is -2.17. The number of rotatable bonds is 3. The first-order valence-corrected chi connectivity index (χ1v) is 7.43. The average molecular weight is 325 g/mol. The Morgan fingerprint density at radius 1 is 1.21 bits per heavy atom. The van der Waals surface area contributed by atoms with Crippen LogP contribution in [0.1, 0.15) is 16.1 Å². The zero-order chi connectivity index (χ0) is 17.3. The molecule has 1 heterocycles. The van der Waals surface area contributed by atoms with Gasteiger partial charge in [-0.15, -0.1) is 0 Å². The van der Waals surface area contributed by atoms with Gasteiger partial charge in [-0.25, -0.2) is 4.39 Å². The number of aryl methyl sites for hydroxylation is 1. The molecule has 6 heteroatoms. The van der Waals surface area contributed by atoms with Crippen LogP contribution in [0.25, 0.3) is 10.9 Å². The van der Waals surface area contributed by atoms with E-state index >= 15 is 0 Å². The lowest BCUT2D eigenvalue weighted by Crippen LogP contribution is -2.33. The van der Waals surface area contributed by atoms with Crippen LogP contribution in [0, 0.1) is 5.82 Å². The number of hydrogen-bond donors (Lipinski definition) is 0. The summed E-state index contributed by atoms with van der Waals surface area (Å²) in [6.07, 6.45) is 0. The topological polar surface area (TPSA) is 55.2 Å². The van der Waals surface area contributed by atoms with Crippen LogP contribution in [0.3, 0.4) is 0 Å². The summed E-state index contributed by atoms with van der Waals surface area (Å²) in [6, 6.07) is 13.0. The smallest absolute Gasteiger partial charge is 0.278 e. The number of hydrogen-bond acceptors (Lipinski definition) is 3. The predicted molar refractivity (Wildman–Crippen MR) is 89.2 cm³/mol. The number of carbonyl (C=O) groups excluding carboxylic acids is 1. The van der Waals surface area contributed by atoms with Crippen molar-refractivity contribution in [2.75, 3.05) is 7.05 Å². The minimum Gasteiger partial charge on any atom is -0.336 e. The molecule has 0 unspecified atom stereocenters. The zero-order valence-electron chi connectivity index (χ0n) is 13.4. The predicted octanol–water partition coefficient (Wildman–Crippen LogP) is 2.34. The molecule has 2 aromatic carbocycles. The molecule has 0 radical (unpaired) electrons. The number of aromatic nitrogens is 2. The number of para-hydroxylation sites is 1. The van der Waals surface area contributed by atoms with E-state index in [1.165, 1.54) is 21.7 Å². The zero-order valence-corrected chi connectivity index (χ0v) is 13.4. The van der Waals surface area contributed by atoms with Crippen LogP contribution in [0.2, 0.25) is 0 Å². The van der Waals surface area contributed by atoms with Crippen molar-refractivity contribution in [1.82, 2.24) is 14.7 Å². The van der Waals surface area contributed by atoms with E-state index in [4.69, 9.17) is 0 Å². The molecule has 24 heavy (non-hydrogen) atoms. The standard InChI is InChI=1S/C18H16FN3O2/c1-21(11-12-6-5-7-13(19)10-12)18(24)16-17(23)14-8-3-4-9-15(14)22(2)20-16/h3-10H,11H2,1-2H3. The largest absolute Gasteiger partial charge is 0.336 e. The van der Waals surface area contributed by atoms with Crippen LogP contribution < -0.4 is 5.43 Å². The van der Waals surface area contributed by atoms with Crippen molar-refractivity contribution < 1.29 is 9.18 Å². The van der Waals surface area contributed by atoms with Crippen molar-refractivity contribution in [3.8, 4) is 0 Å². The van der Waals surface area contributed by atoms with E-state index < -0.39 is 11.3 Å². The van der Waals surface area contributed by atoms with E-state index in [2.05, 4.69) is 5.10 Å². The summed E-state index contributed by atoms with van der Waals surface area (Å²) in [6.45, 7) is 0.189. The SMILES string of the molecule is CN(Cc1cccc(F)c1)C(=O)c1nn(C)c2ccccc2c1=O. The molecule has 5 nitrogen and oxygen atoms in total. The number of benzene rings is 2. The summed E-state index contributed by atoms with van der Waals surface area (Å²) in [5.74, 6) is -0.862. The Morgan fingerprint density at radius 2 is 1.96 bits per heavy atom. The van der Waals surface area contributed by atoms with Crippen molar-refractivity contribution in [2.24, 2.45) is 7.05 Å². The molecule has 1 amide bonds. The molecule has 3 rings (SSSR count). The molecular formula is C18H16FN3O2. The first-order valence-electron chi connectivity index (χ1n) is 7.43. The fourth-order valence-electron chi connectivity index (χ4n) is 2.63. The molecule has 0 aliphatic carbocycles. The summed E-state index contributed by atoms with van der Waals surface area (Å²) >= 11 is 0. The summed E-state index contributed by atoms with van der Waals surface area (Å²) in [5, 5.41) is 4.56. The second-order valence-electron chi connectivity index (χ2n) is 5.61. The highest BCUT2D eigenvalue weighted by atomic mass is 19.1. The molecule has 0 aliphatic rings. The highest BCUT2D eigenvalue weighted by Gasteiger charge is 2.20. The van der Waals surface area contributed by atoms with Gasteiger partial charge < -0.3 is 4.90 Å². The van der Waals surface area contributed by atoms with Gasteiger partial charge in [-0.3, -0.25) is 14.3 Å². The Hall–Kier alpha value is -3.02. The van der Waals surface area contributed by atoms with Crippen molar-refractivity contribution in [3.63, 3.8) is 0 Å². The van der Waals surface area contributed by atoms with E-state index in [-0.39, 0.29) is 18.1 Å². The Labute approximate surface area is 137 Å². The highest BCUT2D eigenvalue weighted by Crippen LogP contribution is 2.11. The van der Waals surface area contributed by atoms with Crippen molar-refractivity contribution in [1.29, 1.82) is 0 Å². The van der Waals surface area contributed by atoms with Gasteiger partial charge in [0.1, 0.15) is 5.82 Å². The van der Waals surface area contributed by atoms with E-state index in [1.54, 1.807) is 50.5 Å². The normalized spacial score (nSPS) is 10.8. The fourth-order valence-corrected chi connectivity index (χ4v) is 2.63. The molecule has 0 saturated carbocycles. The lowest BCUT2D eigenvalue weighted by molar-refractivity contribution is 0.0775. The van der Waals surface area contributed by atoms with Gasteiger partial charge in [0, 0.05) is 26.0 Å². The van der Waals surface area contributed by atoms with Crippen molar-refractivity contribution >= 4 is 16.8 Å². The Morgan fingerprint density at radius 3 is 2.71 bits per heavy atom.